The van der Waals surface area contributed by atoms with E-state index in [1.54, 1.807) is 62.4 Å². The van der Waals surface area contributed by atoms with Gasteiger partial charge >= 0.3 is 11.4 Å². The number of nitrogens with zero attached hydrogens (tertiary/aromatic N) is 3. The highest BCUT2D eigenvalue weighted by atomic mass is 16.6. The second kappa shape index (κ2) is 9.80. The van der Waals surface area contributed by atoms with Crippen molar-refractivity contribution in [3.8, 4) is 11.5 Å². The van der Waals surface area contributed by atoms with E-state index in [2.05, 4.69) is 5.32 Å². The fourth-order valence-electron chi connectivity index (χ4n) is 2.30. The first kappa shape index (κ1) is 21.5. The van der Waals surface area contributed by atoms with Crippen molar-refractivity contribution in [3.63, 3.8) is 0 Å². The molecule has 2 aromatic rings. The van der Waals surface area contributed by atoms with E-state index in [1.807, 2.05) is 0 Å². The van der Waals surface area contributed by atoms with Crippen molar-refractivity contribution in [2.24, 2.45) is 0 Å². The average Bonchev–Trinajstić information content (AvgIpc) is 2.66. The van der Waals surface area contributed by atoms with Crippen molar-refractivity contribution < 1.29 is 19.3 Å². The van der Waals surface area contributed by atoms with Crippen LogP contribution in [0.25, 0.3) is 0 Å². The summed E-state index contributed by atoms with van der Waals surface area (Å²) in [5.74, 6) is 0.540. The summed E-state index contributed by atoms with van der Waals surface area (Å²) in [6, 6.07) is 9.85. The highest BCUT2D eigenvalue weighted by Crippen LogP contribution is 2.36. The lowest BCUT2D eigenvalue weighted by Crippen LogP contribution is -2.11. The third-order valence-corrected chi connectivity index (χ3v) is 3.53. The summed E-state index contributed by atoms with van der Waals surface area (Å²) in [6.07, 6.45) is 0. The number of methoxy groups -OCH3 is 2. The van der Waals surface area contributed by atoms with Gasteiger partial charge in [0.1, 0.15) is 11.4 Å². The maximum absolute atomic E-state index is 10.8. The number of benzene rings is 2. The second-order valence-corrected chi connectivity index (χ2v) is 5.34. The lowest BCUT2D eigenvalue weighted by atomic mass is 10.2. The Balaban J connectivity index is 0.000000271. The molecule has 0 radical (unpaired) electrons. The molecule has 0 aliphatic heterocycles. The maximum Gasteiger partial charge on any atom is 0.333 e. The Morgan fingerprint density at radius 1 is 0.889 bits per heavy atom. The molecule has 2 rings (SSSR count). The molecule has 0 amide bonds. The van der Waals surface area contributed by atoms with Gasteiger partial charge in [-0.1, -0.05) is 12.1 Å². The number of para-hydroxylation sites is 2. The van der Waals surface area contributed by atoms with E-state index in [-0.39, 0.29) is 22.9 Å². The molecule has 2 aromatic carbocycles. The number of hydrogen-bond acceptors (Lipinski definition) is 8. The number of rotatable bonds is 6. The van der Waals surface area contributed by atoms with Crippen LogP contribution >= 0.6 is 0 Å². The minimum absolute atomic E-state index is 0.000000000000000222. The predicted molar refractivity (Wildman–Crippen MR) is 103 cm³/mol. The van der Waals surface area contributed by atoms with E-state index in [0.29, 0.717) is 11.4 Å². The first-order valence-electron chi connectivity index (χ1n) is 7.76. The number of nitro benzene ring substituents is 2. The minimum atomic E-state index is -0.468. The molecule has 27 heavy (non-hydrogen) atoms. The second-order valence-electron chi connectivity index (χ2n) is 5.34. The Bertz CT molecular complexity index is 788. The highest BCUT2D eigenvalue weighted by molar-refractivity contribution is 5.69. The number of hydrogen-bond donors (Lipinski definition) is 1. The van der Waals surface area contributed by atoms with E-state index >= 15 is 0 Å². The fourth-order valence-corrected chi connectivity index (χ4v) is 2.30. The Hall–Kier alpha value is -3.56. The van der Waals surface area contributed by atoms with E-state index in [9.17, 15) is 20.2 Å². The minimum Gasteiger partial charge on any atom is -0.490 e. The molecule has 0 aliphatic carbocycles. The SMILES string of the molecule is CNc1cccc(OC)c1[N+](=O)[O-].COc1cccc(N(C)C)c1[N+](=O)[O-]. The molecule has 0 fully saturated rings. The summed E-state index contributed by atoms with van der Waals surface area (Å²) in [5.41, 5.74) is 0.950. The van der Waals surface area contributed by atoms with Gasteiger partial charge in [-0.3, -0.25) is 20.2 Å². The van der Waals surface area contributed by atoms with Crippen LogP contribution in [0.3, 0.4) is 0 Å². The molecular weight excluding hydrogens is 356 g/mol. The van der Waals surface area contributed by atoms with Crippen LogP contribution < -0.4 is 19.7 Å². The summed E-state index contributed by atoms with van der Waals surface area (Å²) >= 11 is 0. The Labute approximate surface area is 156 Å². The molecule has 0 aliphatic rings. The zero-order valence-electron chi connectivity index (χ0n) is 15.8. The molecule has 0 atom stereocenters. The van der Waals surface area contributed by atoms with Crippen molar-refractivity contribution in [2.75, 3.05) is 45.6 Å². The van der Waals surface area contributed by atoms with Gasteiger partial charge in [0.25, 0.3) is 0 Å². The molecule has 146 valence electrons. The molecule has 1 N–H and O–H groups in total. The summed E-state index contributed by atoms with van der Waals surface area (Å²) < 4.78 is 9.80. The van der Waals surface area contributed by atoms with Crippen molar-refractivity contribution in [1.82, 2.24) is 0 Å². The normalized spacial score (nSPS) is 9.52. The van der Waals surface area contributed by atoms with Crippen molar-refractivity contribution >= 4 is 22.7 Å². The summed E-state index contributed by atoms with van der Waals surface area (Å²) in [6.45, 7) is 0. The largest absolute Gasteiger partial charge is 0.490 e. The van der Waals surface area contributed by atoms with Crippen LogP contribution in [-0.2, 0) is 0 Å². The van der Waals surface area contributed by atoms with Gasteiger partial charge in [-0.15, -0.1) is 0 Å². The number of nitrogens with one attached hydrogen (secondary N) is 1. The Kier molecular flexibility index (Phi) is 7.80. The molecule has 0 heterocycles. The van der Waals surface area contributed by atoms with Gasteiger partial charge in [-0.05, 0) is 24.3 Å². The number of nitro groups is 2. The van der Waals surface area contributed by atoms with E-state index in [0.717, 1.165) is 0 Å². The molecule has 0 bridgehead atoms. The summed E-state index contributed by atoms with van der Waals surface area (Å²) in [7, 11) is 7.95. The van der Waals surface area contributed by atoms with Crippen LogP contribution in [0.2, 0.25) is 0 Å². The Morgan fingerprint density at radius 2 is 1.37 bits per heavy atom. The van der Waals surface area contributed by atoms with Crippen molar-refractivity contribution in [1.29, 1.82) is 0 Å². The smallest absolute Gasteiger partial charge is 0.333 e. The molecule has 0 aromatic heterocycles. The summed E-state index contributed by atoms with van der Waals surface area (Å²) in [4.78, 5) is 22.2. The van der Waals surface area contributed by atoms with E-state index in [1.165, 1.54) is 14.2 Å². The third-order valence-electron chi connectivity index (χ3n) is 3.53. The molecule has 0 unspecified atom stereocenters. The lowest BCUT2D eigenvalue weighted by Gasteiger charge is -2.13. The first-order valence-corrected chi connectivity index (χ1v) is 7.76. The van der Waals surface area contributed by atoms with Crippen LogP contribution in [0.4, 0.5) is 22.7 Å². The monoisotopic (exact) mass is 378 g/mol. The van der Waals surface area contributed by atoms with Crippen molar-refractivity contribution in [2.45, 2.75) is 0 Å². The van der Waals surface area contributed by atoms with Gasteiger partial charge in [-0.25, -0.2) is 0 Å². The van der Waals surface area contributed by atoms with Crippen LogP contribution in [0.5, 0.6) is 11.5 Å². The predicted octanol–water partition coefficient (Wildman–Crippen LogP) is 3.31. The van der Waals surface area contributed by atoms with Crippen molar-refractivity contribution in [3.05, 3.63) is 56.6 Å². The zero-order chi connectivity index (χ0) is 20.6. The van der Waals surface area contributed by atoms with Crippen LogP contribution in [0.15, 0.2) is 36.4 Å². The highest BCUT2D eigenvalue weighted by Gasteiger charge is 2.21. The van der Waals surface area contributed by atoms with Gasteiger partial charge < -0.3 is 19.7 Å². The van der Waals surface area contributed by atoms with Crippen LogP contribution in [0, 0.1) is 20.2 Å². The van der Waals surface area contributed by atoms with Gasteiger partial charge in [0, 0.05) is 21.1 Å². The molecule has 10 nitrogen and oxygen atoms in total. The molecule has 0 saturated heterocycles. The van der Waals surface area contributed by atoms with Gasteiger partial charge in [0.2, 0.25) is 0 Å². The molecule has 0 spiro atoms. The van der Waals surface area contributed by atoms with E-state index in [4.69, 9.17) is 9.47 Å². The molecular formula is C17H22N4O6. The first-order chi connectivity index (χ1) is 12.8. The number of ether oxygens (including phenoxy) is 2. The third kappa shape index (κ3) is 5.21. The standard InChI is InChI=1S/C9H12N2O3.C8H10N2O3/c1-10(2)7-5-4-6-8(14-3)9(7)11(12)13;1-9-6-4-3-5-7(13-2)8(6)10(11)12/h4-6H,1-3H3;3-5,9H,1-2H3. The molecule has 10 heteroatoms. The van der Waals surface area contributed by atoms with Crippen LogP contribution in [0.1, 0.15) is 0 Å². The molecule has 0 saturated carbocycles. The summed E-state index contributed by atoms with van der Waals surface area (Å²) in [5, 5.41) is 24.2. The van der Waals surface area contributed by atoms with Gasteiger partial charge in [-0.2, -0.15) is 0 Å². The quantitative estimate of drug-likeness (QED) is 0.600. The lowest BCUT2D eigenvalue weighted by molar-refractivity contribution is -0.385. The van der Waals surface area contributed by atoms with Gasteiger partial charge in [0.05, 0.1) is 24.1 Å². The van der Waals surface area contributed by atoms with Crippen LogP contribution in [-0.4, -0.2) is 45.2 Å². The Morgan fingerprint density at radius 3 is 1.78 bits per heavy atom. The zero-order valence-corrected chi connectivity index (χ0v) is 15.8. The van der Waals surface area contributed by atoms with Gasteiger partial charge in [0.15, 0.2) is 11.5 Å². The topological polar surface area (TPSA) is 120 Å². The van der Waals surface area contributed by atoms with E-state index < -0.39 is 9.85 Å². The average molecular weight is 378 g/mol. The fraction of sp³-hybridized carbons (Fsp3) is 0.294. The maximum atomic E-state index is 10.8. The number of anilines is 2.